The number of fused-ring (bicyclic) bond motifs is 1. The van der Waals surface area contributed by atoms with Crippen LogP contribution in [0.3, 0.4) is 0 Å². The molecule has 1 aliphatic heterocycles. The predicted molar refractivity (Wildman–Crippen MR) is 56.9 cm³/mol. The summed E-state index contributed by atoms with van der Waals surface area (Å²) in [6.07, 6.45) is 2.91. The highest BCUT2D eigenvalue weighted by atomic mass is 16.2. The van der Waals surface area contributed by atoms with Gasteiger partial charge in [-0.25, -0.2) is 0 Å². The first-order chi connectivity index (χ1) is 6.53. The Morgan fingerprint density at radius 3 is 2.64 bits per heavy atom. The Hall–Kier alpha value is -0.530. The Bertz CT molecular complexity index is 263. The van der Waals surface area contributed by atoms with E-state index in [-0.39, 0.29) is 5.54 Å². The summed E-state index contributed by atoms with van der Waals surface area (Å²) in [7, 11) is 0. The Kier molecular flexibility index (Phi) is 2.13. The van der Waals surface area contributed by atoms with Crippen LogP contribution in [0.15, 0.2) is 0 Å². The van der Waals surface area contributed by atoms with Gasteiger partial charge >= 0.3 is 0 Å². The van der Waals surface area contributed by atoms with Gasteiger partial charge in [-0.2, -0.15) is 0 Å². The number of rotatable bonds is 2. The molecular weight excluding hydrogens is 174 g/mol. The zero-order valence-electron chi connectivity index (χ0n) is 9.71. The fourth-order valence-electron chi connectivity index (χ4n) is 3.45. The molecule has 0 spiro atoms. The van der Waals surface area contributed by atoms with Crippen molar-refractivity contribution in [1.29, 1.82) is 0 Å². The molecule has 2 heteroatoms. The van der Waals surface area contributed by atoms with Crippen LogP contribution in [0.25, 0.3) is 0 Å². The van der Waals surface area contributed by atoms with Gasteiger partial charge in [0.05, 0.1) is 0 Å². The molecule has 1 aliphatic carbocycles. The average Bonchev–Trinajstić information content (AvgIpc) is 2.52. The van der Waals surface area contributed by atoms with Crippen molar-refractivity contribution in [2.75, 3.05) is 0 Å². The third-order valence-electron chi connectivity index (χ3n) is 4.45. The molecule has 14 heavy (non-hydrogen) atoms. The van der Waals surface area contributed by atoms with Gasteiger partial charge in [0.2, 0.25) is 5.91 Å². The second kappa shape index (κ2) is 2.98. The number of likely N-dealkylation sites (tertiary alicyclic amines) is 1. The predicted octanol–water partition coefficient (Wildman–Crippen LogP) is 2.43. The van der Waals surface area contributed by atoms with E-state index >= 15 is 0 Å². The zero-order chi connectivity index (χ0) is 10.5. The highest BCUT2D eigenvalue weighted by molar-refractivity contribution is 5.78. The largest absolute Gasteiger partial charge is 0.334 e. The molecule has 0 aromatic heterocycles. The van der Waals surface area contributed by atoms with Crippen LogP contribution < -0.4 is 0 Å². The minimum atomic E-state index is 0.214. The Morgan fingerprint density at radius 2 is 2.14 bits per heavy atom. The highest BCUT2D eigenvalue weighted by Gasteiger charge is 2.68. The summed E-state index contributed by atoms with van der Waals surface area (Å²) in [6, 6.07) is 0.472. The van der Waals surface area contributed by atoms with Gasteiger partial charge in [-0.15, -0.1) is 0 Å². The maximum Gasteiger partial charge on any atom is 0.223 e. The van der Waals surface area contributed by atoms with E-state index in [1.807, 2.05) is 0 Å². The van der Waals surface area contributed by atoms with E-state index in [9.17, 15) is 4.79 Å². The third kappa shape index (κ3) is 1.06. The van der Waals surface area contributed by atoms with Gasteiger partial charge in [0.15, 0.2) is 0 Å². The van der Waals surface area contributed by atoms with E-state index in [4.69, 9.17) is 0 Å². The first kappa shape index (κ1) is 10.0. The lowest BCUT2D eigenvalue weighted by Crippen LogP contribution is -2.43. The maximum atomic E-state index is 12.0. The van der Waals surface area contributed by atoms with Crippen LogP contribution in [0.2, 0.25) is 0 Å². The number of piperidine rings is 1. The minimum absolute atomic E-state index is 0.214. The summed E-state index contributed by atoms with van der Waals surface area (Å²) in [5.74, 6) is 1.87. The van der Waals surface area contributed by atoms with Crippen LogP contribution in [0.5, 0.6) is 0 Å². The molecule has 1 heterocycles. The molecule has 4 atom stereocenters. The fourth-order valence-corrected chi connectivity index (χ4v) is 3.45. The van der Waals surface area contributed by atoms with E-state index in [2.05, 4.69) is 32.6 Å². The number of carbonyl (C=O) groups is 1. The van der Waals surface area contributed by atoms with E-state index in [0.717, 1.165) is 24.7 Å². The van der Waals surface area contributed by atoms with Crippen LogP contribution in [0, 0.1) is 11.8 Å². The summed E-state index contributed by atoms with van der Waals surface area (Å²) in [4.78, 5) is 14.1. The van der Waals surface area contributed by atoms with Gasteiger partial charge in [-0.05, 0) is 38.5 Å². The van der Waals surface area contributed by atoms with Crippen molar-refractivity contribution in [1.82, 2.24) is 4.90 Å². The molecule has 0 N–H and O–H groups in total. The SMILES string of the molecule is CCCC(=O)N1C(C)CC2C(C)C21C. The monoisotopic (exact) mass is 195 g/mol. The molecule has 0 radical (unpaired) electrons. The first-order valence-electron chi connectivity index (χ1n) is 5.85. The Balaban J connectivity index is 2.13. The summed E-state index contributed by atoms with van der Waals surface area (Å²) < 4.78 is 0. The van der Waals surface area contributed by atoms with Crippen molar-refractivity contribution in [2.24, 2.45) is 11.8 Å². The maximum absolute atomic E-state index is 12.0. The molecule has 0 aromatic rings. The lowest BCUT2D eigenvalue weighted by molar-refractivity contribution is -0.135. The molecule has 2 rings (SSSR count). The van der Waals surface area contributed by atoms with Gasteiger partial charge in [-0.1, -0.05) is 13.8 Å². The van der Waals surface area contributed by atoms with Crippen molar-refractivity contribution in [2.45, 2.75) is 58.5 Å². The average molecular weight is 195 g/mol. The van der Waals surface area contributed by atoms with E-state index in [1.165, 1.54) is 6.42 Å². The Morgan fingerprint density at radius 1 is 1.50 bits per heavy atom. The molecule has 0 aromatic carbocycles. The van der Waals surface area contributed by atoms with Crippen molar-refractivity contribution in [3.05, 3.63) is 0 Å². The standard InChI is InChI=1S/C12H21NO/c1-5-6-11(14)13-8(2)7-10-9(3)12(10,13)4/h8-10H,5-7H2,1-4H3. The molecule has 1 saturated heterocycles. The molecule has 2 aliphatic rings. The van der Waals surface area contributed by atoms with Crippen LogP contribution in [0.4, 0.5) is 0 Å². The summed E-state index contributed by atoms with van der Waals surface area (Å²) in [5, 5.41) is 0. The molecule has 0 bridgehead atoms. The number of carbonyl (C=O) groups excluding carboxylic acids is 1. The first-order valence-corrected chi connectivity index (χ1v) is 5.85. The second-order valence-electron chi connectivity index (χ2n) is 5.22. The van der Waals surface area contributed by atoms with Gasteiger partial charge in [-0.3, -0.25) is 4.79 Å². The number of hydrogen-bond acceptors (Lipinski definition) is 1. The van der Waals surface area contributed by atoms with Crippen molar-refractivity contribution in [3.8, 4) is 0 Å². The van der Waals surface area contributed by atoms with E-state index in [0.29, 0.717) is 11.9 Å². The van der Waals surface area contributed by atoms with Gasteiger partial charge in [0.25, 0.3) is 0 Å². The van der Waals surface area contributed by atoms with Crippen molar-refractivity contribution in [3.63, 3.8) is 0 Å². The summed E-state index contributed by atoms with van der Waals surface area (Å²) >= 11 is 0. The van der Waals surface area contributed by atoms with Gasteiger partial charge in [0, 0.05) is 18.0 Å². The van der Waals surface area contributed by atoms with Crippen molar-refractivity contribution >= 4 is 5.91 Å². The van der Waals surface area contributed by atoms with Gasteiger partial charge < -0.3 is 4.90 Å². The van der Waals surface area contributed by atoms with Crippen LogP contribution in [-0.2, 0) is 4.79 Å². The molecule has 2 fully saturated rings. The lowest BCUT2D eigenvalue weighted by atomic mass is 10.1. The van der Waals surface area contributed by atoms with Crippen LogP contribution >= 0.6 is 0 Å². The number of nitrogens with zero attached hydrogens (tertiary/aromatic N) is 1. The number of amides is 1. The summed E-state index contributed by atoms with van der Waals surface area (Å²) in [6.45, 7) is 8.81. The topological polar surface area (TPSA) is 20.3 Å². The van der Waals surface area contributed by atoms with Crippen LogP contribution in [-0.4, -0.2) is 22.4 Å². The smallest absolute Gasteiger partial charge is 0.223 e. The molecular formula is C12H21NO. The molecule has 4 unspecified atom stereocenters. The zero-order valence-corrected chi connectivity index (χ0v) is 9.71. The Labute approximate surface area is 86.7 Å². The molecule has 2 nitrogen and oxygen atoms in total. The molecule has 1 saturated carbocycles. The minimum Gasteiger partial charge on any atom is -0.334 e. The fraction of sp³-hybridized carbons (Fsp3) is 0.917. The quantitative estimate of drug-likeness (QED) is 0.662. The third-order valence-corrected chi connectivity index (χ3v) is 4.45. The van der Waals surface area contributed by atoms with Gasteiger partial charge in [0.1, 0.15) is 0 Å². The molecule has 80 valence electrons. The van der Waals surface area contributed by atoms with E-state index in [1.54, 1.807) is 0 Å². The number of hydrogen-bond donors (Lipinski definition) is 0. The highest BCUT2D eigenvalue weighted by Crippen LogP contribution is 2.62. The van der Waals surface area contributed by atoms with E-state index < -0.39 is 0 Å². The molecule has 1 amide bonds. The van der Waals surface area contributed by atoms with Crippen molar-refractivity contribution < 1.29 is 4.79 Å². The normalized spacial score (nSPS) is 45.1. The summed E-state index contributed by atoms with van der Waals surface area (Å²) in [5.41, 5.74) is 0.214. The van der Waals surface area contributed by atoms with Crippen LogP contribution in [0.1, 0.15) is 47.0 Å². The lowest BCUT2D eigenvalue weighted by Gasteiger charge is -2.31. The second-order valence-corrected chi connectivity index (χ2v) is 5.22.